The number of carbonyl (C=O) groups excluding carboxylic acids is 2. The molecule has 2 fully saturated rings. The van der Waals surface area contributed by atoms with Crippen LogP contribution in [0.3, 0.4) is 0 Å². The van der Waals surface area contributed by atoms with E-state index < -0.39 is 12.1 Å². The maximum atomic E-state index is 11.7. The van der Waals surface area contributed by atoms with Gasteiger partial charge in [-0.25, -0.2) is 4.79 Å². The van der Waals surface area contributed by atoms with Gasteiger partial charge >= 0.3 is 6.09 Å². The van der Waals surface area contributed by atoms with Crippen molar-refractivity contribution >= 4 is 12.0 Å². The molecule has 14 heavy (non-hydrogen) atoms. The lowest BCUT2D eigenvalue weighted by atomic mass is 10.2. The molecule has 2 rings (SSSR count). The number of rotatable bonds is 1. The van der Waals surface area contributed by atoms with E-state index >= 15 is 0 Å². The molecule has 1 N–H and O–H groups in total. The Morgan fingerprint density at radius 2 is 2.14 bits per heavy atom. The first-order valence-corrected chi connectivity index (χ1v) is 4.57. The van der Waals surface area contributed by atoms with Crippen LogP contribution in [0.1, 0.15) is 0 Å². The van der Waals surface area contributed by atoms with Crippen molar-refractivity contribution in [1.82, 2.24) is 10.2 Å². The van der Waals surface area contributed by atoms with Gasteiger partial charge in [-0.3, -0.25) is 4.79 Å². The molecule has 0 saturated carbocycles. The molecule has 1 atom stereocenters. The molecule has 2 saturated heterocycles. The van der Waals surface area contributed by atoms with E-state index in [1.807, 2.05) is 0 Å². The summed E-state index contributed by atoms with van der Waals surface area (Å²) >= 11 is 0. The van der Waals surface area contributed by atoms with E-state index in [2.05, 4.69) is 10.1 Å². The number of alkyl carbamates (subject to hydrolysis) is 1. The molecule has 6 heteroatoms. The topological polar surface area (TPSA) is 67.9 Å². The van der Waals surface area contributed by atoms with Gasteiger partial charge in [0.15, 0.2) is 0 Å². The third kappa shape index (κ3) is 1.79. The first kappa shape index (κ1) is 9.26. The van der Waals surface area contributed by atoms with Crippen LogP contribution in [0.25, 0.3) is 0 Å². The van der Waals surface area contributed by atoms with Crippen LogP contribution in [0.15, 0.2) is 0 Å². The number of nitrogens with zero attached hydrogens (tertiary/aromatic N) is 1. The van der Waals surface area contributed by atoms with Crippen molar-refractivity contribution in [3.63, 3.8) is 0 Å². The van der Waals surface area contributed by atoms with Gasteiger partial charge < -0.3 is 19.7 Å². The van der Waals surface area contributed by atoms with Gasteiger partial charge in [0, 0.05) is 13.1 Å². The van der Waals surface area contributed by atoms with Gasteiger partial charge in [0.2, 0.25) is 5.91 Å². The molecule has 2 amide bonds. The van der Waals surface area contributed by atoms with Gasteiger partial charge in [-0.1, -0.05) is 0 Å². The minimum Gasteiger partial charge on any atom is -0.447 e. The molecule has 0 bridgehead atoms. The van der Waals surface area contributed by atoms with E-state index in [-0.39, 0.29) is 12.5 Å². The number of hydrogen-bond donors (Lipinski definition) is 1. The second-order valence-corrected chi connectivity index (χ2v) is 3.23. The Hall–Kier alpha value is -1.30. The lowest BCUT2D eigenvalue weighted by Crippen LogP contribution is -2.49. The zero-order valence-electron chi connectivity index (χ0n) is 7.69. The second kappa shape index (κ2) is 3.83. The quantitative estimate of drug-likeness (QED) is 0.586. The van der Waals surface area contributed by atoms with Gasteiger partial charge in [0.1, 0.15) is 12.6 Å². The van der Waals surface area contributed by atoms with E-state index in [0.717, 1.165) is 0 Å². The molecule has 0 aromatic carbocycles. The van der Waals surface area contributed by atoms with Crippen LogP contribution >= 0.6 is 0 Å². The summed E-state index contributed by atoms with van der Waals surface area (Å²) in [5.41, 5.74) is 0. The molecule has 0 aromatic heterocycles. The number of hydrogen-bond acceptors (Lipinski definition) is 4. The van der Waals surface area contributed by atoms with Gasteiger partial charge in [-0.05, 0) is 0 Å². The van der Waals surface area contributed by atoms with Crippen molar-refractivity contribution in [3.05, 3.63) is 0 Å². The van der Waals surface area contributed by atoms with E-state index in [4.69, 9.17) is 4.74 Å². The Morgan fingerprint density at radius 1 is 1.43 bits per heavy atom. The molecular formula is C8H12N2O4. The highest BCUT2D eigenvalue weighted by atomic mass is 16.6. The van der Waals surface area contributed by atoms with Gasteiger partial charge in [0.05, 0.1) is 13.2 Å². The highest BCUT2D eigenvalue weighted by Gasteiger charge is 2.32. The van der Waals surface area contributed by atoms with Crippen molar-refractivity contribution in [3.8, 4) is 0 Å². The van der Waals surface area contributed by atoms with Crippen molar-refractivity contribution < 1.29 is 19.1 Å². The smallest absolute Gasteiger partial charge is 0.407 e. The Bertz CT molecular complexity index is 250. The van der Waals surface area contributed by atoms with Crippen LogP contribution in [0.2, 0.25) is 0 Å². The first-order chi connectivity index (χ1) is 6.77. The highest BCUT2D eigenvalue weighted by Crippen LogP contribution is 2.05. The molecule has 2 aliphatic heterocycles. The second-order valence-electron chi connectivity index (χ2n) is 3.23. The minimum absolute atomic E-state index is 0.0841. The number of nitrogens with one attached hydrogen (secondary N) is 1. The van der Waals surface area contributed by atoms with E-state index in [0.29, 0.717) is 26.3 Å². The summed E-state index contributed by atoms with van der Waals surface area (Å²) in [7, 11) is 0. The average Bonchev–Trinajstić information content (AvgIpc) is 2.65. The lowest BCUT2D eigenvalue weighted by Gasteiger charge is -2.28. The molecule has 0 spiro atoms. The molecule has 0 aliphatic carbocycles. The van der Waals surface area contributed by atoms with Crippen LogP contribution in [-0.4, -0.2) is 55.9 Å². The highest BCUT2D eigenvalue weighted by molar-refractivity contribution is 5.87. The van der Waals surface area contributed by atoms with Crippen LogP contribution in [0.4, 0.5) is 4.79 Å². The monoisotopic (exact) mass is 200 g/mol. The fraction of sp³-hybridized carbons (Fsp3) is 0.750. The van der Waals surface area contributed by atoms with Crippen LogP contribution in [-0.2, 0) is 14.3 Å². The molecular weight excluding hydrogens is 188 g/mol. The van der Waals surface area contributed by atoms with E-state index in [1.165, 1.54) is 0 Å². The zero-order chi connectivity index (χ0) is 9.97. The summed E-state index contributed by atoms with van der Waals surface area (Å²) in [4.78, 5) is 24.1. The van der Waals surface area contributed by atoms with Crippen molar-refractivity contribution in [2.75, 3.05) is 32.9 Å². The van der Waals surface area contributed by atoms with Crippen LogP contribution < -0.4 is 5.32 Å². The molecule has 2 heterocycles. The number of ether oxygens (including phenoxy) is 2. The fourth-order valence-electron chi connectivity index (χ4n) is 1.52. The first-order valence-electron chi connectivity index (χ1n) is 4.57. The number of carbonyl (C=O) groups is 2. The third-order valence-electron chi connectivity index (χ3n) is 2.29. The molecule has 0 radical (unpaired) electrons. The lowest BCUT2D eigenvalue weighted by molar-refractivity contribution is -0.137. The number of morpholine rings is 1. The zero-order valence-corrected chi connectivity index (χ0v) is 7.69. The number of cyclic esters (lactones) is 1. The predicted octanol–water partition coefficient (Wildman–Crippen LogP) is -1.05. The fourth-order valence-corrected chi connectivity index (χ4v) is 1.52. The SMILES string of the molecule is O=C1NC(C(=O)N2CCOCC2)CO1. The summed E-state index contributed by atoms with van der Waals surface area (Å²) in [6.07, 6.45) is -0.517. The summed E-state index contributed by atoms with van der Waals surface area (Å²) in [5, 5.41) is 2.46. The normalized spacial score (nSPS) is 27.0. The Labute approximate surface area is 81.1 Å². The Kier molecular flexibility index (Phi) is 2.53. The van der Waals surface area contributed by atoms with Crippen molar-refractivity contribution in [1.29, 1.82) is 0 Å². The van der Waals surface area contributed by atoms with Crippen LogP contribution in [0.5, 0.6) is 0 Å². The van der Waals surface area contributed by atoms with E-state index in [1.54, 1.807) is 4.90 Å². The molecule has 2 aliphatic rings. The average molecular weight is 200 g/mol. The third-order valence-corrected chi connectivity index (χ3v) is 2.29. The van der Waals surface area contributed by atoms with E-state index in [9.17, 15) is 9.59 Å². The molecule has 6 nitrogen and oxygen atoms in total. The maximum absolute atomic E-state index is 11.7. The summed E-state index contributed by atoms with van der Waals surface area (Å²) in [6.45, 7) is 2.44. The summed E-state index contributed by atoms with van der Waals surface area (Å²) < 4.78 is 9.77. The largest absolute Gasteiger partial charge is 0.447 e. The number of amides is 2. The van der Waals surface area contributed by atoms with Gasteiger partial charge in [0.25, 0.3) is 0 Å². The van der Waals surface area contributed by atoms with Gasteiger partial charge in [-0.15, -0.1) is 0 Å². The molecule has 78 valence electrons. The minimum atomic E-state index is -0.517. The van der Waals surface area contributed by atoms with Crippen molar-refractivity contribution in [2.24, 2.45) is 0 Å². The Morgan fingerprint density at radius 3 is 2.71 bits per heavy atom. The summed E-state index contributed by atoms with van der Waals surface area (Å²) in [5.74, 6) is -0.0841. The van der Waals surface area contributed by atoms with Gasteiger partial charge in [-0.2, -0.15) is 0 Å². The molecule has 1 unspecified atom stereocenters. The van der Waals surface area contributed by atoms with Crippen LogP contribution in [0, 0.1) is 0 Å². The standard InChI is InChI=1S/C8H12N2O4/c11-7(6-5-14-8(12)9-6)10-1-3-13-4-2-10/h6H,1-5H2,(H,9,12). The maximum Gasteiger partial charge on any atom is 0.407 e. The molecule has 0 aromatic rings. The van der Waals surface area contributed by atoms with Crippen molar-refractivity contribution in [2.45, 2.75) is 6.04 Å². The Balaban J connectivity index is 1.90. The predicted molar refractivity (Wildman–Crippen MR) is 45.7 cm³/mol. The summed E-state index contributed by atoms with van der Waals surface area (Å²) in [6, 6.07) is -0.513.